The van der Waals surface area contributed by atoms with Crippen LogP contribution in [0.1, 0.15) is 20.7 Å². The van der Waals surface area contributed by atoms with Gasteiger partial charge in [0.15, 0.2) is 17.2 Å². The number of phenolic OH excluding ortho intramolecular Hbond substituents is 2. The Labute approximate surface area is 388 Å². The largest absolute Gasteiger partial charge is 0.505 e. The maximum Gasteiger partial charge on any atom is 0.335 e. The van der Waals surface area contributed by atoms with Gasteiger partial charge in [0.1, 0.15) is 47.2 Å². The molecule has 36 heteroatoms. The van der Waals surface area contributed by atoms with Gasteiger partial charge >= 0.3 is 11.9 Å². The Morgan fingerprint density at radius 1 is 0.514 bits per heavy atom. The highest BCUT2D eigenvalue weighted by molar-refractivity contribution is 7.87. The zero-order valence-corrected chi connectivity index (χ0v) is 37.4. The Morgan fingerprint density at radius 3 is 1.50 bits per heavy atom. The number of carboxylic acids is 2. The zero-order chi connectivity index (χ0) is 52.4. The molecule has 0 atom stereocenters. The average molecular weight is 1070 g/mol. The monoisotopic (exact) mass is 1070 g/mol. The first kappa shape index (κ1) is 51.3. The van der Waals surface area contributed by atoms with E-state index in [1.165, 1.54) is 0 Å². The number of carbonyl (C=O) groups is 2. The molecule has 0 heterocycles. The fourth-order valence-corrected chi connectivity index (χ4v) is 9.57. The number of nitro groups is 1. The van der Waals surface area contributed by atoms with Crippen molar-refractivity contribution in [1.82, 2.24) is 0 Å². The fourth-order valence-electron chi connectivity index (χ4n) is 6.25. The van der Waals surface area contributed by atoms with Gasteiger partial charge < -0.3 is 26.2 Å². The zero-order valence-electron chi connectivity index (χ0n) is 33.3. The maximum absolute atomic E-state index is 12.9. The van der Waals surface area contributed by atoms with E-state index in [1.54, 1.807) is 0 Å². The number of rotatable bonds is 14. The number of fused-ring (bicyclic) bond motifs is 2. The molecule has 6 aromatic carbocycles. The molecule has 31 nitrogen and oxygen atoms in total. The van der Waals surface area contributed by atoms with E-state index in [4.69, 9.17) is 5.73 Å². The van der Waals surface area contributed by atoms with Crippen molar-refractivity contribution in [3.63, 3.8) is 0 Å². The summed E-state index contributed by atoms with van der Waals surface area (Å²) in [5, 5.41) is 70.4. The standard InChI is InChI=1S/C34H22N8O23S5/c35-27-21(11-23(67(54,55)56)18-10-25(69(60,61)62)29(31(44)26(18)27)41-37-19-3-1-15(66(51,52)53)8-22(19)42(49)50)39-38-20-4-2-16-17(32(20)70(63,64)65)9-24(68(57,58)59)28(30(16)43)40-36-14-6-12(33(45)46)5-13(7-14)34(47)48/h1-11,43-44H,35H2,(H,45,46)(H,47,48)(H,51,52,53)(H,54,55,56)(H,57,58,59)(H,60,61,62)(H,63,64,65). The Balaban J connectivity index is 1.59. The predicted octanol–water partition coefficient (Wildman–Crippen LogP) is 5.77. The van der Waals surface area contributed by atoms with Crippen LogP contribution in [0.2, 0.25) is 0 Å². The number of nitrogens with zero attached hydrogens (tertiary/aromatic N) is 7. The summed E-state index contributed by atoms with van der Waals surface area (Å²) in [4.78, 5) is 26.8. The number of nitro benzene ring substituents is 1. The Kier molecular flexibility index (Phi) is 13.0. The fraction of sp³-hybridized carbons (Fsp3) is 0. The second-order valence-corrected chi connectivity index (χ2v) is 20.6. The first-order chi connectivity index (χ1) is 32.1. The minimum Gasteiger partial charge on any atom is -0.505 e. The molecule has 0 aliphatic rings. The van der Waals surface area contributed by atoms with Crippen molar-refractivity contribution in [2.45, 2.75) is 24.5 Å². The molecule has 0 saturated heterocycles. The molecule has 0 aliphatic heterocycles. The molecule has 366 valence electrons. The van der Waals surface area contributed by atoms with Crippen molar-refractivity contribution in [1.29, 1.82) is 0 Å². The number of carboxylic acid groups (broad SMARTS) is 2. The number of hydrogen-bond acceptors (Lipinski definition) is 23. The van der Waals surface area contributed by atoms with Crippen molar-refractivity contribution >= 4 is 130 Å². The van der Waals surface area contributed by atoms with E-state index in [2.05, 4.69) is 30.7 Å². The lowest BCUT2D eigenvalue weighted by atomic mass is 10.0. The van der Waals surface area contributed by atoms with E-state index in [1.807, 2.05) is 0 Å². The SMILES string of the molecule is Nc1c(N=Nc2ccc3c(O)c(N=Nc4cc(C(=O)O)cc(C(=O)O)c4)c(S(=O)(=O)O)cc3c2S(=O)(=O)O)cc(S(=O)(=O)O)c2cc(S(=O)(=O)O)c(N=Nc3ccc(S(=O)(=O)O)cc3[N+](=O)[O-])c(O)c12. The van der Waals surface area contributed by atoms with Crippen LogP contribution in [0, 0.1) is 10.1 Å². The first-order valence-electron chi connectivity index (χ1n) is 17.6. The van der Waals surface area contributed by atoms with E-state index in [9.17, 15) is 105 Å². The third-order valence-electron chi connectivity index (χ3n) is 9.21. The van der Waals surface area contributed by atoms with Gasteiger partial charge in [-0.2, -0.15) is 47.2 Å². The van der Waals surface area contributed by atoms with Crippen molar-refractivity contribution in [3.05, 3.63) is 88.0 Å². The molecule has 0 aliphatic carbocycles. The number of phenols is 2. The lowest BCUT2D eigenvalue weighted by molar-refractivity contribution is -0.384. The second kappa shape index (κ2) is 17.8. The number of azo groups is 3. The van der Waals surface area contributed by atoms with Crippen LogP contribution in [-0.4, -0.2) is 102 Å². The molecule has 0 bridgehead atoms. The number of anilines is 1. The summed E-state index contributed by atoms with van der Waals surface area (Å²) in [5.74, 6) is -6.11. The minimum absolute atomic E-state index is 0.266. The van der Waals surface area contributed by atoms with Gasteiger partial charge in [0.2, 0.25) is 0 Å². The molecule has 0 radical (unpaired) electrons. The van der Waals surface area contributed by atoms with Gasteiger partial charge in [0, 0.05) is 22.2 Å². The number of hydrogen-bond donors (Lipinski definition) is 10. The first-order valence-corrected chi connectivity index (χ1v) is 24.8. The van der Waals surface area contributed by atoms with Crippen LogP contribution in [0.15, 0.2) is 122 Å². The van der Waals surface area contributed by atoms with Crippen LogP contribution >= 0.6 is 0 Å². The van der Waals surface area contributed by atoms with E-state index in [-0.39, 0.29) is 6.07 Å². The van der Waals surface area contributed by atoms with Gasteiger partial charge in [-0.05, 0) is 60.7 Å². The van der Waals surface area contributed by atoms with Crippen LogP contribution in [0.3, 0.4) is 0 Å². The summed E-state index contributed by atoms with van der Waals surface area (Å²) >= 11 is 0. The van der Waals surface area contributed by atoms with Crippen molar-refractivity contribution < 1.29 is 99.8 Å². The number of nitrogen functional groups attached to an aromatic ring is 1. The maximum atomic E-state index is 12.9. The average Bonchev–Trinajstić information content (AvgIpc) is 3.22. The number of aromatic carboxylic acids is 2. The molecule has 0 aromatic heterocycles. The van der Waals surface area contributed by atoms with E-state index < -0.39 is 182 Å². The van der Waals surface area contributed by atoms with Crippen LogP contribution in [0.25, 0.3) is 21.5 Å². The Bertz CT molecular complexity index is 4020. The smallest absolute Gasteiger partial charge is 0.335 e. The van der Waals surface area contributed by atoms with Gasteiger partial charge in [0.25, 0.3) is 56.3 Å². The van der Waals surface area contributed by atoms with Gasteiger partial charge in [-0.25, -0.2) is 9.59 Å². The third kappa shape index (κ3) is 10.2. The van der Waals surface area contributed by atoms with E-state index in [0.717, 1.165) is 24.3 Å². The van der Waals surface area contributed by atoms with Gasteiger partial charge in [0.05, 0.1) is 32.8 Å². The quantitative estimate of drug-likeness (QED) is 0.0203. The normalized spacial score (nSPS) is 13.0. The highest BCUT2D eigenvalue weighted by Gasteiger charge is 2.31. The third-order valence-corrected chi connectivity index (χ3v) is 13.6. The summed E-state index contributed by atoms with van der Waals surface area (Å²) in [6.45, 7) is 0. The van der Waals surface area contributed by atoms with Crippen LogP contribution in [0.5, 0.6) is 11.5 Å². The summed E-state index contributed by atoms with van der Waals surface area (Å²) in [7, 11) is -27.6. The Hall–Kier alpha value is -8.07. The molecule has 6 rings (SSSR count). The predicted molar refractivity (Wildman–Crippen MR) is 231 cm³/mol. The molecule has 11 N–H and O–H groups in total. The topological polar surface area (TPSA) is 530 Å². The number of benzene rings is 6. The molecular formula is C34H22N8O23S5. The van der Waals surface area contributed by atoms with Gasteiger partial charge in [-0.1, -0.05) is 0 Å². The molecule has 6 aromatic rings. The second-order valence-electron chi connectivity index (χ2n) is 13.6. The van der Waals surface area contributed by atoms with Crippen LogP contribution in [0.4, 0.5) is 45.5 Å². The molecule has 0 spiro atoms. The lowest BCUT2D eigenvalue weighted by Crippen LogP contribution is -2.04. The molecule has 70 heavy (non-hydrogen) atoms. The summed E-state index contributed by atoms with van der Waals surface area (Å²) in [6, 6.07) is 6.13. The molecule has 0 amide bonds. The Morgan fingerprint density at radius 2 is 1.00 bits per heavy atom. The number of aromatic hydroxyl groups is 2. The molecule has 0 unspecified atom stereocenters. The highest BCUT2D eigenvalue weighted by atomic mass is 32.2. The van der Waals surface area contributed by atoms with Crippen LogP contribution < -0.4 is 5.73 Å². The van der Waals surface area contributed by atoms with Crippen LogP contribution in [-0.2, 0) is 50.6 Å². The van der Waals surface area contributed by atoms with Crippen molar-refractivity contribution in [2.24, 2.45) is 30.7 Å². The van der Waals surface area contributed by atoms with E-state index in [0.29, 0.717) is 36.4 Å². The van der Waals surface area contributed by atoms with Gasteiger partial charge in [-0.3, -0.25) is 32.9 Å². The number of nitrogens with two attached hydrogens (primary N) is 1. The molecule has 0 saturated carbocycles. The van der Waals surface area contributed by atoms with Crippen molar-refractivity contribution in [3.8, 4) is 11.5 Å². The lowest BCUT2D eigenvalue weighted by Gasteiger charge is -2.14. The van der Waals surface area contributed by atoms with Gasteiger partial charge in [-0.15, -0.1) is 25.6 Å². The summed E-state index contributed by atoms with van der Waals surface area (Å²) in [5.41, 5.74) is -3.20. The van der Waals surface area contributed by atoms with E-state index >= 15 is 0 Å². The minimum atomic E-state index is -5.69. The molecule has 0 fully saturated rings. The van der Waals surface area contributed by atoms with Crippen molar-refractivity contribution in [2.75, 3.05) is 5.73 Å². The summed E-state index contributed by atoms with van der Waals surface area (Å²) in [6.07, 6.45) is 0. The molecular weight excluding hydrogens is 1050 g/mol. The summed E-state index contributed by atoms with van der Waals surface area (Å²) < 4.78 is 175. The highest BCUT2D eigenvalue weighted by Crippen LogP contribution is 2.50.